The van der Waals surface area contributed by atoms with E-state index in [1.165, 1.54) is 5.56 Å². The van der Waals surface area contributed by atoms with Gasteiger partial charge >= 0.3 is 0 Å². The fraction of sp³-hybridized carbons (Fsp3) is 0.429. The molecule has 5 heteroatoms. The van der Waals surface area contributed by atoms with Gasteiger partial charge in [-0.05, 0) is 18.4 Å². The molecule has 0 aliphatic carbocycles. The molecule has 0 bridgehead atoms. The van der Waals surface area contributed by atoms with Gasteiger partial charge < -0.3 is 15.0 Å². The first-order valence-corrected chi connectivity index (χ1v) is 6.47. The molecule has 2 aromatic rings. The molecule has 0 amide bonds. The highest BCUT2D eigenvalue weighted by Gasteiger charge is 2.13. The first kappa shape index (κ1) is 13.7. The highest BCUT2D eigenvalue weighted by molar-refractivity contribution is 5.15. The van der Waals surface area contributed by atoms with Gasteiger partial charge in [0.2, 0.25) is 0 Å². The molecule has 0 saturated heterocycles. The van der Waals surface area contributed by atoms with E-state index in [1.54, 1.807) is 13.4 Å². The monoisotopic (exact) mass is 260 g/mol. The largest absolute Gasteiger partial charge is 0.383 e. The molecule has 2 rings (SSSR count). The van der Waals surface area contributed by atoms with E-state index in [4.69, 9.17) is 10.5 Å². The standard InChI is InChI=1S/C14H20N4O/c1-19-10-9-18-11-16-17-14(18)13(15)8-7-12-5-3-2-4-6-12/h2-6,11,13H,7-10,15H2,1H3/t13-/m0/s1. The molecule has 0 radical (unpaired) electrons. The van der Waals surface area contributed by atoms with Crippen LogP contribution in [-0.2, 0) is 17.7 Å². The summed E-state index contributed by atoms with van der Waals surface area (Å²) in [7, 11) is 1.68. The average molecular weight is 260 g/mol. The van der Waals surface area contributed by atoms with E-state index in [2.05, 4.69) is 22.3 Å². The maximum absolute atomic E-state index is 6.20. The SMILES string of the molecule is COCCn1cnnc1[C@@H](N)CCc1ccccc1. The van der Waals surface area contributed by atoms with E-state index in [-0.39, 0.29) is 6.04 Å². The zero-order chi connectivity index (χ0) is 13.5. The van der Waals surface area contributed by atoms with Crippen LogP contribution in [-0.4, -0.2) is 28.5 Å². The Morgan fingerprint density at radius 3 is 2.84 bits per heavy atom. The van der Waals surface area contributed by atoms with Crippen LogP contribution >= 0.6 is 0 Å². The van der Waals surface area contributed by atoms with E-state index in [0.717, 1.165) is 25.2 Å². The Morgan fingerprint density at radius 2 is 2.11 bits per heavy atom. The summed E-state index contributed by atoms with van der Waals surface area (Å²) in [5.74, 6) is 0.827. The quantitative estimate of drug-likeness (QED) is 0.820. The number of ether oxygens (including phenoxy) is 1. The predicted molar refractivity (Wildman–Crippen MR) is 73.6 cm³/mol. The van der Waals surface area contributed by atoms with Crippen molar-refractivity contribution < 1.29 is 4.74 Å². The summed E-state index contributed by atoms with van der Waals surface area (Å²) in [6.45, 7) is 1.37. The van der Waals surface area contributed by atoms with Crippen molar-refractivity contribution in [3.63, 3.8) is 0 Å². The second-order valence-corrected chi connectivity index (χ2v) is 4.51. The van der Waals surface area contributed by atoms with Gasteiger partial charge in [0.15, 0.2) is 0 Å². The summed E-state index contributed by atoms with van der Waals surface area (Å²) < 4.78 is 7.02. The molecule has 2 N–H and O–H groups in total. The average Bonchev–Trinajstić information content (AvgIpc) is 2.92. The van der Waals surface area contributed by atoms with E-state index in [1.807, 2.05) is 22.8 Å². The van der Waals surface area contributed by atoms with Gasteiger partial charge in [-0.1, -0.05) is 30.3 Å². The minimum Gasteiger partial charge on any atom is -0.383 e. The van der Waals surface area contributed by atoms with Gasteiger partial charge in [-0.25, -0.2) is 0 Å². The van der Waals surface area contributed by atoms with E-state index < -0.39 is 0 Å². The molecule has 0 fully saturated rings. The van der Waals surface area contributed by atoms with Gasteiger partial charge in [-0.3, -0.25) is 0 Å². The van der Waals surface area contributed by atoms with Crippen molar-refractivity contribution in [1.82, 2.24) is 14.8 Å². The Bertz CT molecular complexity index is 483. The molecule has 1 heterocycles. The molecule has 102 valence electrons. The van der Waals surface area contributed by atoms with E-state index in [9.17, 15) is 0 Å². The van der Waals surface area contributed by atoms with Crippen LogP contribution in [0.1, 0.15) is 23.9 Å². The summed E-state index contributed by atoms with van der Waals surface area (Å²) in [6, 6.07) is 10.2. The first-order valence-electron chi connectivity index (χ1n) is 6.47. The molecule has 19 heavy (non-hydrogen) atoms. The summed E-state index contributed by atoms with van der Waals surface area (Å²) in [5.41, 5.74) is 7.49. The second-order valence-electron chi connectivity index (χ2n) is 4.51. The van der Waals surface area contributed by atoms with Gasteiger partial charge in [-0.2, -0.15) is 0 Å². The zero-order valence-corrected chi connectivity index (χ0v) is 11.2. The molecule has 5 nitrogen and oxygen atoms in total. The number of nitrogens with zero attached hydrogens (tertiary/aromatic N) is 3. The fourth-order valence-corrected chi connectivity index (χ4v) is 2.01. The van der Waals surface area contributed by atoms with E-state index >= 15 is 0 Å². The molecular weight excluding hydrogens is 240 g/mol. The molecule has 0 aliphatic heterocycles. The first-order chi connectivity index (χ1) is 9.31. The van der Waals surface area contributed by atoms with Crippen LogP contribution in [0, 0.1) is 0 Å². The Hall–Kier alpha value is -1.72. The molecule has 1 aromatic carbocycles. The van der Waals surface area contributed by atoms with Crippen LogP contribution in [0.2, 0.25) is 0 Å². The lowest BCUT2D eigenvalue weighted by atomic mass is 10.1. The van der Waals surface area contributed by atoms with Crippen molar-refractivity contribution in [3.05, 3.63) is 48.0 Å². The number of benzene rings is 1. The van der Waals surface area contributed by atoms with Crippen LogP contribution in [0.5, 0.6) is 0 Å². The van der Waals surface area contributed by atoms with Crippen LogP contribution < -0.4 is 5.73 Å². The number of rotatable bonds is 7. The maximum Gasteiger partial charge on any atom is 0.149 e. The van der Waals surface area contributed by atoms with Gasteiger partial charge in [0.05, 0.1) is 12.6 Å². The molecule has 0 spiro atoms. The van der Waals surface area contributed by atoms with Gasteiger partial charge in [0, 0.05) is 13.7 Å². The fourth-order valence-electron chi connectivity index (χ4n) is 2.01. The molecular formula is C14H20N4O. The normalized spacial score (nSPS) is 12.5. The molecule has 1 aromatic heterocycles. The molecule has 0 aliphatic rings. The third-order valence-electron chi connectivity index (χ3n) is 3.10. The molecule has 0 saturated carbocycles. The maximum atomic E-state index is 6.20. The molecule has 1 atom stereocenters. The van der Waals surface area contributed by atoms with Gasteiger partial charge in [0.25, 0.3) is 0 Å². The number of aromatic nitrogens is 3. The zero-order valence-electron chi connectivity index (χ0n) is 11.2. The van der Waals surface area contributed by atoms with Crippen molar-refractivity contribution in [2.24, 2.45) is 5.73 Å². The van der Waals surface area contributed by atoms with Crippen molar-refractivity contribution in [1.29, 1.82) is 0 Å². The summed E-state index contributed by atoms with van der Waals surface area (Å²) in [4.78, 5) is 0. The van der Waals surface area contributed by atoms with Crippen LogP contribution in [0.4, 0.5) is 0 Å². The summed E-state index contributed by atoms with van der Waals surface area (Å²) in [6.07, 6.45) is 3.51. The number of nitrogens with two attached hydrogens (primary N) is 1. The Morgan fingerprint density at radius 1 is 1.32 bits per heavy atom. The van der Waals surface area contributed by atoms with Crippen molar-refractivity contribution >= 4 is 0 Å². The Kier molecular flexibility index (Phi) is 5.06. The Balaban J connectivity index is 1.92. The van der Waals surface area contributed by atoms with Crippen molar-refractivity contribution in [2.45, 2.75) is 25.4 Å². The summed E-state index contributed by atoms with van der Waals surface area (Å²) >= 11 is 0. The third-order valence-corrected chi connectivity index (χ3v) is 3.10. The Labute approximate surface area is 113 Å². The predicted octanol–water partition coefficient (Wildman–Crippen LogP) is 1.56. The van der Waals surface area contributed by atoms with Crippen LogP contribution in [0.25, 0.3) is 0 Å². The lowest BCUT2D eigenvalue weighted by Crippen LogP contribution is -2.18. The second kappa shape index (κ2) is 7.01. The van der Waals surface area contributed by atoms with Crippen molar-refractivity contribution in [3.8, 4) is 0 Å². The van der Waals surface area contributed by atoms with Gasteiger partial charge in [0.1, 0.15) is 12.2 Å². The minimum absolute atomic E-state index is 0.0976. The lowest BCUT2D eigenvalue weighted by Gasteiger charge is -2.12. The number of hydrogen-bond donors (Lipinski definition) is 1. The number of hydrogen-bond acceptors (Lipinski definition) is 4. The van der Waals surface area contributed by atoms with Crippen molar-refractivity contribution in [2.75, 3.05) is 13.7 Å². The van der Waals surface area contributed by atoms with Crippen LogP contribution in [0.15, 0.2) is 36.7 Å². The van der Waals surface area contributed by atoms with Gasteiger partial charge in [-0.15, -0.1) is 10.2 Å². The number of methoxy groups -OCH3 is 1. The number of aryl methyl sites for hydroxylation is 1. The highest BCUT2D eigenvalue weighted by atomic mass is 16.5. The topological polar surface area (TPSA) is 66.0 Å². The third kappa shape index (κ3) is 3.87. The summed E-state index contributed by atoms with van der Waals surface area (Å²) in [5, 5.41) is 8.04. The highest BCUT2D eigenvalue weighted by Crippen LogP contribution is 2.14. The van der Waals surface area contributed by atoms with Crippen LogP contribution in [0.3, 0.4) is 0 Å². The minimum atomic E-state index is -0.0976. The smallest absolute Gasteiger partial charge is 0.149 e. The van der Waals surface area contributed by atoms with E-state index in [0.29, 0.717) is 6.61 Å². The molecule has 0 unspecified atom stereocenters. The lowest BCUT2D eigenvalue weighted by molar-refractivity contribution is 0.185.